The average Bonchev–Trinajstić information content (AvgIpc) is 1.05. The van der Waals surface area contributed by atoms with Crippen LogP contribution in [0.15, 0.2) is 397 Å². The fraction of sp³-hybridized carbons (Fsp3) is 0.165. The molecule has 15 aromatic rings. The van der Waals surface area contributed by atoms with E-state index in [1.807, 2.05) is 147 Å². The van der Waals surface area contributed by atoms with Crippen molar-refractivity contribution in [3.8, 4) is 5.75 Å². The van der Waals surface area contributed by atoms with E-state index in [-0.39, 0.29) is 39.1 Å². The van der Waals surface area contributed by atoms with Gasteiger partial charge in [0.2, 0.25) is 9.84 Å². The summed E-state index contributed by atoms with van der Waals surface area (Å²) >= 11 is 10.9. The predicted molar refractivity (Wildman–Crippen MR) is 587 cm³/mol. The number of sulfone groups is 1. The van der Waals surface area contributed by atoms with Crippen LogP contribution in [0.1, 0.15) is 61.2 Å². The Morgan fingerprint density at radius 2 is 0.757 bits per heavy atom. The van der Waals surface area contributed by atoms with Gasteiger partial charge in [-0.2, -0.15) is 3.71 Å². The van der Waals surface area contributed by atoms with Crippen LogP contribution in [0.2, 0.25) is 42.9 Å². The standard InChI is InChI=1S/C20H18BNO5S2.C16H14BNO2.C15H15BO2S2.C15H15BO2S.C15H15BOS.C14H12BClO3S.C14H13BO2S/c23-21-14-13-16-15-17(11-12-20(16)21)22(28(24,25)18-7-3-1-4-8-18)29(26,27)19-9-5-2-6-10-19;1-18-14-4-2-3-12(9-14)11-20-15-5-6-16-13(10-15)7-8-17(16)19;1-19-12-3-6-13(7-4-12)20(18)14-5-2-11-8-9-16(17)15(11)10-14;1-11-2-5-13(6-3-11)19(18)14-7-4-12-8-9-16(17)15(12)10-14;1-11-2-5-13(6-3-11)18-14-7-4-12-8-9-16(17)15(12)10-14;16-11-2-5-12(6-3-11)20(18,19)13-4-1-10-7-8-15(17)14(10)9-13;1-10-2-5-12(6-3-10)18-13-7-4-11-9-17-15(16)14(11)8-13/h1-12,15,23H,13-14H2;2-6,9-10,19H,7-8,11H2;2-7,10,17H,8-9H2,1H3;2-7,10,17H,8-9H2,1H3;2-7,10,17H,8-9H2,1H3;1-6,9,17H,7-8H2;2-8,16H,9H2,1H3. The third kappa shape index (κ3) is 26.0. The molecule has 35 heteroatoms. The monoisotopic (exact) mass is 2080 g/mol. The summed E-state index contributed by atoms with van der Waals surface area (Å²) < 4.78 is 115. The number of sulfonamides is 2. The summed E-state index contributed by atoms with van der Waals surface area (Å²) in [6.07, 6.45) is 11.5. The highest BCUT2D eigenvalue weighted by Gasteiger charge is 2.40. The molecule has 2 atom stereocenters. The van der Waals surface area contributed by atoms with Gasteiger partial charge in [-0.1, -0.05) is 214 Å². The number of benzene rings is 15. The number of nitrogens with zero attached hydrogens (tertiary/aromatic N) is 2. The van der Waals surface area contributed by atoms with Gasteiger partial charge in [-0.05, 0) is 358 Å². The van der Waals surface area contributed by atoms with Crippen LogP contribution >= 0.6 is 46.9 Å². The van der Waals surface area contributed by atoms with Gasteiger partial charge in [0.1, 0.15) is 12.4 Å². The number of aryl methyl sites for hydroxylation is 9. The SMILES string of the molecule is CSc1ccc(S(=O)c2ccc3c(c2)B(O)CC3)cc1.Cc1ccc(S(=O)c2ccc3c(c2)B(O)CC3)cc1.Cc1ccc(Sc2ccc3c(c2)B(O)CC3)cc1.Cc1ccc(Sc2ccc3c(c2)B(O)OC3)cc1.O=S(=O)(c1ccc(Cl)cc1)c1ccc2c(c1)B(O)CC2.O=S(=O)(c1ccccc1)N(c1ccc2c(c1)CCB2O)S(=O)(=O)c1ccccc1.[C-]#[N+]c1cccc(COc2ccc3c(c2)CCB3O)c1. The lowest BCUT2D eigenvalue weighted by Gasteiger charge is -2.24. The average molecular weight is 2080 g/mol. The van der Waals surface area contributed by atoms with Crippen molar-refractivity contribution in [2.24, 2.45) is 0 Å². The first-order valence-electron chi connectivity index (χ1n) is 47.2. The summed E-state index contributed by atoms with van der Waals surface area (Å²) in [5.74, 6) is 0.811. The summed E-state index contributed by atoms with van der Waals surface area (Å²) in [5, 5.41) is 69.6. The van der Waals surface area contributed by atoms with Gasteiger partial charge in [-0.25, -0.2) is 38.5 Å². The summed E-state index contributed by atoms with van der Waals surface area (Å²) in [7, 11) is -15.5. The van der Waals surface area contributed by atoms with Gasteiger partial charge in [0, 0.05) is 49.1 Å². The Hall–Kier alpha value is -11.0. The molecule has 19 nitrogen and oxygen atoms in total. The highest BCUT2D eigenvalue weighted by atomic mass is 35.5. The Bertz CT molecular complexity index is 7420. The fourth-order valence-electron chi connectivity index (χ4n) is 17.8. The molecule has 0 radical (unpaired) electrons. The number of fused-ring (bicyclic) bond motifs is 7. The summed E-state index contributed by atoms with van der Waals surface area (Å²) in [5.41, 5.74) is 19.3. The molecule has 2 unspecified atom stereocenters. The van der Waals surface area contributed by atoms with Crippen LogP contribution in [0, 0.1) is 27.3 Å². The maximum Gasteiger partial charge on any atom is 0.491 e. The lowest BCUT2D eigenvalue weighted by Crippen LogP contribution is -2.37. The number of anilines is 1. The van der Waals surface area contributed by atoms with Gasteiger partial charge in [-0.3, -0.25) is 0 Å². The molecule has 0 saturated heterocycles. The summed E-state index contributed by atoms with van der Waals surface area (Å²) in [6.45, 7) is 11.6. The molecular formula is C109H102B7ClN2O17S8. The molecule has 0 fully saturated rings. The molecule has 0 bridgehead atoms. The molecule has 15 aromatic carbocycles. The highest BCUT2D eigenvalue weighted by molar-refractivity contribution is 8.10. The first-order chi connectivity index (χ1) is 69.3. The maximum atomic E-state index is 13.4. The quantitative estimate of drug-likeness (QED) is 0.0225. The minimum absolute atomic E-state index is 0.0190. The molecule has 144 heavy (non-hydrogen) atoms. The molecule has 0 spiro atoms. The molecule has 0 aliphatic carbocycles. The van der Waals surface area contributed by atoms with Crippen molar-refractivity contribution in [2.75, 3.05) is 9.97 Å². The zero-order valence-electron chi connectivity index (χ0n) is 79.4. The van der Waals surface area contributed by atoms with Gasteiger partial charge in [0.05, 0.1) is 60.0 Å². The number of halogens is 1. The van der Waals surface area contributed by atoms with E-state index in [1.54, 1.807) is 114 Å². The van der Waals surface area contributed by atoms with E-state index >= 15 is 0 Å². The van der Waals surface area contributed by atoms with E-state index in [4.69, 9.17) is 27.6 Å². The zero-order chi connectivity index (χ0) is 102. The molecule has 7 heterocycles. The van der Waals surface area contributed by atoms with Crippen LogP contribution in [-0.4, -0.2) is 124 Å². The van der Waals surface area contributed by atoms with Gasteiger partial charge < -0.3 is 44.6 Å². The van der Waals surface area contributed by atoms with Crippen molar-refractivity contribution < 1.29 is 78.2 Å². The first kappa shape index (κ1) is 106. The molecule has 0 saturated carbocycles. The van der Waals surface area contributed by atoms with Crippen LogP contribution in [0.3, 0.4) is 0 Å². The van der Waals surface area contributed by atoms with Crippen molar-refractivity contribution >= 4 is 197 Å². The van der Waals surface area contributed by atoms with Crippen LogP contribution in [0.25, 0.3) is 4.85 Å². The van der Waals surface area contributed by atoms with Gasteiger partial charge in [0.25, 0.3) is 20.0 Å². The predicted octanol–water partition coefficient (Wildman–Crippen LogP) is 16.0. The van der Waals surface area contributed by atoms with Crippen molar-refractivity contribution in [3.63, 3.8) is 0 Å². The summed E-state index contributed by atoms with van der Waals surface area (Å²) in [6, 6.07) is 100. The minimum atomic E-state index is -4.41. The van der Waals surface area contributed by atoms with E-state index in [1.165, 1.54) is 96.6 Å². The molecule has 0 aromatic heterocycles. The second-order valence-electron chi connectivity index (χ2n) is 35.8. The lowest BCUT2D eigenvalue weighted by molar-refractivity contribution is 0.275. The van der Waals surface area contributed by atoms with E-state index in [0.717, 1.165) is 153 Å². The Morgan fingerprint density at radius 1 is 0.368 bits per heavy atom. The van der Waals surface area contributed by atoms with E-state index in [9.17, 15) is 68.8 Å². The Kier molecular flexibility index (Phi) is 35.4. The largest absolute Gasteiger partial charge is 0.491 e. The van der Waals surface area contributed by atoms with Gasteiger partial charge in [-0.15, -0.1) is 11.8 Å². The number of rotatable bonds is 19. The topological polar surface area (TPSA) is 304 Å². The third-order valence-electron chi connectivity index (χ3n) is 25.8. The minimum Gasteiger partial charge on any atom is -0.489 e. The fourth-order valence-corrected chi connectivity index (χ4v) is 27.3. The van der Waals surface area contributed by atoms with Crippen LogP contribution in [-0.2, 0) is 108 Å². The second kappa shape index (κ2) is 48.1. The molecule has 726 valence electrons. The third-order valence-corrected chi connectivity index (χ3v) is 37.6. The number of ether oxygens (including phenoxy) is 1. The van der Waals surface area contributed by atoms with Gasteiger partial charge >= 0.3 is 48.6 Å². The molecule has 7 aliphatic rings. The maximum absolute atomic E-state index is 13.4. The van der Waals surface area contributed by atoms with E-state index in [2.05, 4.69) is 91.5 Å². The van der Waals surface area contributed by atoms with Crippen LogP contribution < -0.4 is 46.7 Å². The molecule has 7 N–H and O–H groups in total. The molecule has 0 amide bonds. The Balaban J connectivity index is 0.000000121. The normalized spacial score (nSPS) is 14.2. The van der Waals surface area contributed by atoms with Crippen LogP contribution in [0.5, 0.6) is 5.75 Å². The van der Waals surface area contributed by atoms with Crippen LogP contribution in [0.4, 0.5) is 11.4 Å². The smallest absolute Gasteiger partial charge is 0.489 e. The second-order valence-corrected chi connectivity index (χ2v) is 48.1. The van der Waals surface area contributed by atoms with E-state index in [0.29, 0.717) is 52.2 Å². The number of hydrogen-bond acceptors (Lipinski definition) is 20. The highest BCUT2D eigenvalue weighted by Crippen LogP contribution is 2.37. The van der Waals surface area contributed by atoms with Crippen molar-refractivity contribution in [1.82, 2.24) is 0 Å². The van der Waals surface area contributed by atoms with Crippen molar-refractivity contribution in [3.05, 3.63) is 411 Å². The molecular weight excluding hydrogens is 1980 g/mol. The Labute approximate surface area is 868 Å². The van der Waals surface area contributed by atoms with Gasteiger partial charge in [0.15, 0.2) is 5.69 Å². The number of thioether (sulfide) groups is 1. The molecule has 7 aliphatic heterocycles. The summed E-state index contributed by atoms with van der Waals surface area (Å²) in [4.78, 5) is 12.6. The lowest BCUT2D eigenvalue weighted by atomic mass is 9.63. The number of hydrogen-bond donors (Lipinski definition) is 7. The Morgan fingerprint density at radius 3 is 1.24 bits per heavy atom. The van der Waals surface area contributed by atoms with Crippen molar-refractivity contribution in [1.29, 1.82) is 0 Å². The first-order valence-corrected chi connectivity index (χ1v) is 57.1. The molecule has 22 rings (SSSR count). The van der Waals surface area contributed by atoms with Crippen molar-refractivity contribution in [2.45, 2.75) is 174 Å². The van der Waals surface area contributed by atoms with E-state index < -0.39 is 86.3 Å². The zero-order valence-corrected chi connectivity index (χ0v) is 86.7.